The Hall–Kier alpha value is -2.15. The molecule has 0 atom stereocenters. The largest absolute Gasteiger partial charge is 0.294 e. The van der Waals surface area contributed by atoms with Gasteiger partial charge in [-0.15, -0.1) is 0 Å². The van der Waals surface area contributed by atoms with Gasteiger partial charge >= 0.3 is 0 Å². The van der Waals surface area contributed by atoms with Crippen molar-refractivity contribution in [3.63, 3.8) is 0 Å². The minimum absolute atomic E-state index is 0.248. The number of Topliss-reactive ketones (excluding diaryl/α,β-unsaturated/α-hetero) is 1. The predicted molar refractivity (Wildman–Crippen MR) is 81.9 cm³/mol. The van der Waals surface area contributed by atoms with E-state index in [1.807, 2.05) is 18.2 Å². The number of hydrogen-bond donors (Lipinski definition) is 0. The minimum atomic E-state index is 0.248. The van der Waals surface area contributed by atoms with Crippen LogP contribution in [0.1, 0.15) is 35.7 Å². The van der Waals surface area contributed by atoms with Crippen LogP contribution in [0.3, 0.4) is 0 Å². The first-order valence-electron chi connectivity index (χ1n) is 7.20. The highest BCUT2D eigenvalue weighted by molar-refractivity contribution is 6.07. The van der Waals surface area contributed by atoms with E-state index in [2.05, 4.69) is 31.2 Å². The number of carbonyl (C=O) groups is 1. The summed E-state index contributed by atoms with van der Waals surface area (Å²) in [5.74, 6) is 0.248. The van der Waals surface area contributed by atoms with Crippen molar-refractivity contribution in [3.8, 4) is 11.1 Å². The molecular weight excluding hydrogens is 244 g/mol. The number of fused-ring (bicyclic) bond motifs is 5. The van der Waals surface area contributed by atoms with Crippen LogP contribution in [0, 0.1) is 0 Å². The first-order valence-corrected chi connectivity index (χ1v) is 7.20. The summed E-state index contributed by atoms with van der Waals surface area (Å²) < 4.78 is 0. The predicted octanol–water partition coefficient (Wildman–Crippen LogP) is 2.84. The van der Waals surface area contributed by atoms with E-state index in [0.717, 1.165) is 24.0 Å². The highest BCUT2D eigenvalue weighted by atomic mass is 16.1. The maximum Gasteiger partial charge on any atom is 0.167 e. The Labute approximate surface area is 118 Å². The molecule has 1 heteroatoms. The van der Waals surface area contributed by atoms with Gasteiger partial charge in [0.15, 0.2) is 5.78 Å². The topological polar surface area (TPSA) is 17.1 Å². The lowest BCUT2D eigenvalue weighted by atomic mass is 9.82. The molecule has 0 heterocycles. The fraction of sp³-hybridized carbons (Fsp3) is 0.211. The molecule has 0 unspecified atom stereocenters. The lowest BCUT2D eigenvalue weighted by Crippen LogP contribution is -2.35. The molecule has 2 aromatic carbocycles. The second-order valence-corrected chi connectivity index (χ2v) is 5.72. The Bertz CT molecular complexity index is 856. The summed E-state index contributed by atoms with van der Waals surface area (Å²) in [6, 6.07) is 12.4. The Kier molecular flexibility index (Phi) is 2.43. The first-order chi connectivity index (χ1) is 9.75. The molecule has 0 aromatic heterocycles. The average Bonchev–Trinajstić information content (AvgIpc) is 2.48. The van der Waals surface area contributed by atoms with Gasteiger partial charge in [-0.05, 0) is 46.9 Å². The third kappa shape index (κ3) is 1.53. The average molecular weight is 260 g/mol. The van der Waals surface area contributed by atoms with E-state index in [4.69, 9.17) is 0 Å². The van der Waals surface area contributed by atoms with Gasteiger partial charge in [0.05, 0.1) is 0 Å². The SMILES string of the molecule is CC1=c2ccc3c(c2=CCC1)CC(=O)c1ccccc1-3. The standard InChI is InChI=1S/C19H16O/c1-12-5-4-8-14-13(12)9-10-16-15-6-2-3-7-17(15)19(20)11-18(14)16/h2-3,6-10H,4-5,11H2,1H3. The van der Waals surface area contributed by atoms with Crippen molar-refractivity contribution in [1.29, 1.82) is 0 Å². The molecule has 0 radical (unpaired) electrons. The zero-order valence-corrected chi connectivity index (χ0v) is 11.6. The Morgan fingerprint density at radius 3 is 2.60 bits per heavy atom. The van der Waals surface area contributed by atoms with E-state index in [0.29, 0.717) is 6.42 Å². The van der Waals surface area contributed by atoms with Gasteiger partial charge in [-0.25, -0.2) is 0 Å². The molecule has 2 aliphatic rings. The van der Waals surface area contributed by atoms with E-state index in [9.17, 15) is 4.79 Å². The van der Waals surface area contributed by atoms with Gasteiger partial charge in [-0.3, -0.25) is 4.79 Å². The minimum Gasteiger partial charge on any atom is -0.294 e. The maximum atomic E-state index is 12.4. The molecule has 98 valence electrons. The third-order valence-electron chi connectivity index (χ3n) is 4.54. The molecule has 0 N–H and O–H groups in total. The molecule has 0 bridgehead atoms. The van der Waals surface area contributed by atoms with Crippen LogP contribution in [0.4, 0.5) is 0 Å². The van der Waals surface area contributed by atoms with Gasteiger partial charge in [0.25, 0.3) is 0 Å². The fourth-order valence-corrected chi connectivity index (χ4v) is 3.50. The zero-order valence-electron chi connectivity index (χ0n) is 11.6. The smallest absolute Gasteiger partial charge is 0.167 e. The van der Waals surface area contributed by atoms with Crippen molar-refractivity contribution in [2.75, 3.05) is 0 Å². The van der Waals surface area contributed by atoms with Crippen LogP contribution in [-0.4, -0.2) is 5.78 Å². The molecule has 0 amide bonds. The van der Waals surface area contributed by atoms with Gasteiger partial charge in [0.2, 0.25) is 0 Å². The van der Waals surface area contributed by atoms with E-state index in [1.165, 1.54) is 27.1 Å². The summed E-state index contributed by atoms with van der Waals surface area (Å²) >= 11 is 0. The quantitative estimate of drug-likeness (QED) is 0.712. The summed E-state index contributed by atoms with van der Waals surface area (Å²) in [5, 5.41) is 2.64. The summed E-state index contributed by atoms with van der Waals surface area (Å²) in [7, 11) is 0. The molecule has 1 nitrogen and oxygen atoms in total. The normalized spacial score (nSPS) is 16.1. The number of hydrogen-bond acceptors (Lipinski definition) is 1. The molecule has 2 aliphatic carbocycles. The summed E-state index contributed by atoms with van der Waals surface area (Å²) in [4.78, 5) is 12.4. The Balaban J connectivity index is 2.13. The molecule has 4 rings (SSSR count). The molecule has 0 fully saturated rings. The number of rotatable bonds is 0. The van der Waals surface area contributed by atoms with E-state index in [-0.39, 0.29) is 5.78 Å². The molecular formula is C19H16O. The monoisotopic (exact) mass is 260 g/mol. The van der Waals surface area contributed by atoms with Crippen LogP contribution >= 0.6 is 0 Å². The van der Waals surface area contributed by atoms with Crippen LogP contribution in [0.2, 0.25) is 0 Å². The zero-order chi connectivity index (χ0) is 13.7. The van der Waals surface area contributed by atoms with Crippen molar-refractivity contribution in [3.05, 3.63) is 58.0 Å². The van der Waals surface area contributed by atoms with E-state index >= 15 is 0 Å². The van der Waals surface area contributed by atoms with Crippen LogP contribution in [-0.2, 0) is 6.42 Å². The van der Waals surface area contributed by atoms with Crippen LogP contribution in [0.25, 0.3) is 22.8 Å². The van der Waals surface area contributed by atoms with Gasteiger partial charge in [0.1, 0.15) is 0 Å². The van der Waals surface area contributed by atoms with E-state index in [1.54, 1.807) is 0 Å². The highest BCUT2D eigenvalue weighted by Gasteiger charge is 2.23. The second-order valence-electron chi connectivity index (χ2n) is 5.72. The highest BCUT2D eigenvalue weighted by Crippen LogP contribution is 2.31. The molecule has 0 spiro atoms. The first kappa shape index (κ1) is 11.7. The van der Waals surface area contributed by atoms with Crippen LogP contribution in [0.15, 0.2) is 36.4 Å². The molecule has 0 saturated heterocycles. The Morgan fingerprint density at radius 1 is 0.950 bits per heavy atom. The lowest BCUT2D eigenvalue weighted by Gasteiger charge is -2.21. The third-order valence-corrected chi connectivity index (χ3v) is 4.54. The molecule has 2 aromatic rings. The van der Waals surface area contributed by atoms with Crippen molar-refractivity contribution < 1.29 is 4.79 Å². The summed E-state index contributed by atoms with van der Waals surface area (Å²) in [6.45, 7) is 2.21. The van der Waals surface area contributed by atoms with Crippen LogP contribution < -0.4 is 10.4 Å². The molecule has 20 heavy (non-hydrogen) atoms. The van der Waals surface area contributed by atoms with Gasteiger partial charge < -0.3 is 0 Å². The van der Waals surface area contributed by atoms with Gasteiger partial charge in [-0.2, -0.15) is 0 Å². The summed E-state index contributed by atoms with van der Waals surface area (Å²) in [5.41, 5.74) is 5.88. The van der Waals surface area contributed by atoms with Gasteiger partial charge in [0, 0.05) is 12.0 Å². The van der Waals surface area contributed by atoms with Crippen molar-refractivity contribution in [2.24, 2.45) is 0 Å². The van der Waals surface area contributed by atoms with Crippen molar-refractivity contribution >= 4 is 17.4 Å². The maximum absolute atomic E-state index is 12.4. The van der Waals surface area contributed by atoms with Crippen LogP contribution in [0.5, 0.6) is 0 Å². The fourth-order valence-electron chi connectivity index (χ4n) is 3.50. The second kappa shape index (κ2) is 4.17. The number of benzene rings is 2. The Morgan fingerprint density at radius 2 is 1.75 bits per heavy atom. The van der Waals surface area contributed by atoms with E-state index < -0.39 is 0 Å². The van der Waals surface area contributed by atoms with Crippen molar-refractivity contribution in [2.45, 2.75) is 26.2 Å². The van der Waals surface area contributed by atoms with Gasteiger partial charge in [-0.1, -0.05) is 48.0 Å². The summed E-state index contributed by atoms with van der Waals surface area (Å²) in [6.07, 6.45) is 5.07. The van der Waals surface area contributed by atoms with Crippen molar-refractivity contribution in [1.82, 2.24) is 0 Å². The number of ketones is 1. The molecule has 0 aliphatic heterocycles. The lowest BCUT2D eigenvalue weighted by molar-refractivity contribution is 0.0991. The number of carbonyl (C=O) groups excluding carboxylic acids is 1. The molecule has 0 saturated carbocycles.